The zero-order chi connectivity index (χ0) is 15.4. The second-order valence-corrected chi connectivity index (χ2v) is 4.24. The minimum atomic E-state index is -0.630. The normalized spacial score (nSPS) is 10.1. The van der Waals surface area contributed by atoms with Gasteiger partial charge in [-0.1, -0.05) is 0 Å². The Labute approximate surface area is 122 Å². The molecule has 0 radical (unpaired) electrons. The number of benzene rings is 2. The molecule has 0 N–H and O–H groups in total. The first-order valence-electron chi connectivity index (χ1n) is 6.21. The van der Waals surface area contributed by atoms with Crippen LogP contribution in [0.3, 0.4) is 0 Å². The Morgan fingerprint density at radius 3 is 2.19 bits per heavy atom. The zero-order valence-electron chi connectivity index (χ0n) is 12.0. The summed E-state index contributed by atoms with van der Waals surface area (Å²) in [4.78, 5) is 12.4. The van der Waals surface area contributed by atoms with E-state index in [1.807, 2.05) is 0 Å². The fraction of sp³-hybridized carbons (Fsp3) is 0.188. The minimum Gasteiger partial charge on any atom is -0.497 e. The van der Waals surface area contributed by atoms with Gasteiger partial charge in [0.1, 0.15) is 11.6 Å². The predicted molar refractivity (Wildman–Crippen MR) is 75.9 cm³/mol. The van der Waals surface area contributed by atoms with Crippen LogP contribution in [0.25, 0.3) is 0 Å². The highest BCUT2D eigenvalue weighted by Crippen LogP contribution is 2.29. The molecule has 0 heterocycles. The maximum atomic E-state index is 13.9. The Balaban J connectivity index is 2.40. The van der Waals surface area contributed by atoms with Gasteiger partial charge in [-0.15, -0.1) is 0 Å². The molecule has 2 aromatic rings. The van der Waals surface area contributed by atoms with Crippen LogP contribution < -0.4 is 14.2 Å². The lowest BCUT2D eigenvalue weighted by Crippen LogP contribution is -2.05. The van der Waals surface area contributed by atoms with Crippen molar-refractivity contribution >= 4 is 5.78 Å². The zero-order valence-corrected chi connectivity index (χ0v) is 12.0. The summed E-state index contributed by atoms with van der Waals surface area (Å²) in [5, 5.41) is 0. The third kappa shape index (κ3) is 2.97. The molecule has 0 amide bonds. The first-order chi connectivity index (χ1) is 10.1. The molecule has 4 nitrogen and oxygen atoms in total. The monoisotopic (exact) mass is 290 g/mol. The molecule has 0 aromatic heterocycles. The number of hydrogen-bond donors (Lipinski definition) is 0. The summed E-state index contributed by atoms with van der Waals surface area (Å²) in [7, 11) is 4.41. The highest BCUT2D eigenvalue weighted by atomic mass is 19.1. The lowest BCUT2D eigenvalue weighted by Gasteiger charge is -2.10. The number of carbonyl (C=O) groups excluding carboxylic acids is 1. The van der Waals surface area contributed by atoms with Gasteiger partial charge in [-0.3, -0.25) is 4.79 Å². The van der Waals surface area contributed by atoms with Crippen molar-refractivity contribution in [2.45, 2.75) is 0 Å². The van der Waals surface area contributed by atoms with E-state index in [2.05, 4.69) is 0 Å². The lowest BCUT2D eigenvalue weighted by molar-refractivity contribution is 0.103. The molecule has 110 valence electrons. The molecule has 0 aliphatic rings. The Kier molecular flexibility index (Phi) is 4.42. The van der Waals surface area contributed by atoms with E-state index in [1.54, 1.807) is 12.1 Å². The average Bonchev–Trinajstić information content (AvgIpc) is 2.53. The number of ketones is 1. The largest absolute Gasteiger partial charge is 0.497 e. The van der Waals surface area contributed by atoms with Gasteiger partial charge >= 0.3 is 0 Å². The summed E-state index contributed by atoms with van der Waals surface area (Å²) < 4.78 is 29.1. The fourth-order valence-electron chi connectivity index (χ4n) is 1.94. The van der Waals surface area contributed by atoms with E-state index in [-0.39, 0.29) is 5.56 Å². The Hall–Kier alpha value is -2.56. The molecule has 0 aliphatic heterocycles. The molecule has 0 bridgehead atoms. The van der Waals surface area contributed by atoms with Gasteiger partial charge in [-0.05, 0) is 30.3 Å². The first kappa shape index (κ1) is 14.8. The number of hydrogen-bond acceptors (Lipinski definition) is 4. The molecule has 0 unspecified atom stereocenters. The average molecular weight is 290 g/mol. The number of methoxy groups -OCH3 is 3. The summed E-state index contributed by atoms with van der Waals surface area (Å²) in [6.07, 6.45) is 0. The van der Waals surface area contributed by atoms with Crippen LogP contribution in [-0.4, -0.2) is 27.1 Å². The molecule has 0 saturated heterocycles. The van der Waals surface area contributed by atoms with E-state index in [4.69, 9.17) is 14.2 Å². The highest BCUT2D eigenvalue weighted by molar-refractivity contribution is 6.09. The van der Waals surface area contributed by atoms with E-state index < -0.39 is 11.6 Å². The topological polar surface area (TPSA) is 44.8 Å². The van der Waals surface area contributed by atoms with Crippen molar-refractivity contribution in [2.75, 3.05) is 21.3 Å². The Morgan fingerprint density at radius 2 is 1.62 bits per heavy atom. The van der Waals surface area contributed by atoms with E-state index >= 15 is 0 Å². The molecule has 2 aromatic carbocycles. The fourth-order valence-corrected chi connectivity index (χ4v) is 1.94. The molecule has 21 heavy (non-hydrogen) atoms. The number of carbonyl (C=O) groups is 1. The lowest BCUT2D eigenvalue weighted by atomic mass is 10.0. The summed E-state index contributed by atoms with van der Waals surface area (Å²) in [6.45, 7) is 0. The van der Waals surface area contributed by atoms with Crippen LogP contribution in [0.2, 0.25) is 0 Å². The van der Waals surface area contributed by atoms with Gasteiger partial charge in [0.25, 0.3) is 0 Å². The highest BCUT2D eigenvalue weighted by Gasteiger charge is 2.16. The van der Waals surface area contributed by atoms with Crippen molar-refractivity contribution in [3.63, 3.8) is 0 Å². The maximum Gasteiger partial charge on any atom is 0.196 e. The smallest absolute Gasteiger partial charge is 0.196 e. The molecule has 0 saturated carbocycles. The van der Waals surface area contributed by atoms with Crippen LogP contribution in [0, 0.1) is 5.82 Å². The van der Waals surface area contributed by atoms with Crippen LogP contribution in [0.4, 0.5) is 4.39 Å². The van der Waals surface area contributed by atoms with Crippen molar-refractivity contribution in [3.8, 4) is 17.2 Å². The van der Waals surface area contributed by atoms with E-state index in [0.717, 1.165) is 0 Å². The van der Waals surface area contributed by atoms with Gasteiger partial charge in [0, 0.05) is 11.6 Å². The summed E-state index contributed by atoms with van der Waals surface area (Å²) >= 11 is 0. The third-order valence-electron chi connectivity index (χ3n) is 3.07. The van der Waals surface area contributed by atoms with Crippen LogP contribution in [0.15, 0.2) is 36.4 Å². The summed E-state index contributed by atoms with van der Waals surface area (Å²) in [5.41, 5.74) is 0.291. The van der Waals surface area contributed by atoms with Crippen molar-refractivity contribution < 1.29 is 23.4 Å². The van der Waals surface area contributed by atoms with Gasteiger partial charge in [0.15, 0.2) is 17.3 Å². The van der Waals surface area contributed by atoms with E-state index in [0.29, 0.717) is 22.8 Å². The maximum absolute atomic E-state index is 13.9. The molecule has 0 atom stereocenters. The molecular formula is C16H15FO4. The van der Waals surface area contributed by atoms with Crippen molar-refractivity contribution in [2.24, 2.45) is 0 Å². The minimum absolute atomic E-state index is 0.0250. The van der Waals surface area contributed by atoms with Crippen LogP contribution in [-0.2, 0) is 0 Å². The molecular weight excluding hydrogens is 275 g/mol. The SMILES string of the molecule is COc1ccc(C(=O)c2ccc(OC)c(OC)c2)c(F)c1. The Morgan fingerprint density at radius 1 is 0.905 bits per heavy atom. The van der Waals surface area contributed by atoms with Crippen LogP contribution >= 0.6 is 0 Å². The van der Waals surface area contributed by atoms with Gasteiger partial charge in [-0.2, -0.15) is 0 Å². The molecule has 5 heteroatoms. The van der Waals surface area contributed by atoms with Gasteiger partial charge in [0.2, 0.25) is 0 Å². The van der Waals surface area contributed by atoms with Crippen molar-refractivity contribution in [1.82, 2.24) is 0 Å². The van der Waals surface area contributed by atoms with E-state index in [1.165, 1.54) is 45.6 Å². The van der Waals surface area contributed by atoms with Crippen LogP contribution in [0.1, 0.15) is 15.9 Å². The van der Waals surface area contributed by atoms with Crippen molar-refractivity contribution in [1.29, 1.82) is 0 Å². The van der Waals surface area contributed by atoms with Crippen LogP contribution in [0.5, 0.6) is 17.2 Å². The molecule has 0 fully saturated rings. The Bertz CT molecular complexity index is 667. The number of halogens is 1. The second-order valence-electron chi connectivity index (χ2n) is 4.24. The second kappa shape index (κ2) is 6.26. The number of rotatable bonds is 5. The molecule has 2 rings (SSSR count). The quantitative estimate of drug-likeness (QED) is 0.794. The van der Waals surface area contributed by atoms with Gasteiger partial charge in [-0.25, -0.2) is 4.39 Å². The third-order valence-corrected chi connectivity index (χ3v) is 3.07. The molecule has 0 aliphatic carbocycles. The summed E-state index contributed by atoms with van der Waals surface area (Å²) in [5.74, 6) is 0.211. The first-order valence-corrected chi connectivity index (χ1v) is 6.21. The van der Waals surface area contributed by atoms with Gasteiger partial charge < -0.3 is 14.2 Å². The van der Waals surface area contributed by atoms with Gasteiger partial charge in [0.05, 0.1) is 26.9 Å². The van der Waals surface area contributed by atoms with E-state index in [9.17, 15) is 9.18 Å². The standard InChI is InChI=1S/C16H15FO4/c1-19-11-5-6-12(13(17)9-11)16(18)10-4-7-14(20-2)15(8-10)21-3/h4-9H,1-3H3. The van der Waals surface area contributed by atoms with Crippen molar-refractivity contribution in [3.05, 3.63) is 53.3 Å². The predicted octanol–water partition coefficient (Wildman–Crippen LogP) is 3.08. The molecule has 0 spiro atoms. The summed E-state index contributed by atoms with van der Waals surface area (Å²) in [6, 6.07) is 8.80. The number of ether oxygens (including phenoxy) is 3.